The number of rotatable bonds is 5. The summed E-state index contributed by atoms with van der Waals surface area (Å²) in [7, 11) is 0. The van der Waals surface area contributed by atoms with Gasteiger partial charge in [-0.25, -0.2) is 0 Å². The van der Waals surface area contributed by atoms with Gasteiger partial charge in [0.25, 0.3) is 0 Å². The van der Waals surface area contributed by atoms with E-state index in [-0.39, 0.29) is 0 Å². The highest BCUT2D eigenvalue weighted by Crippen LogP contribution is 2.28. The highest BCUT2D eigenvalue weighted by Gasteiger charge is 2.30. The average Bonchev–Trinajstić information content (AvgIpc) is 2.91. The number of thiophene rings is 1. The Morgan fingerprint density at radius 1 is 1.42 bits per heavy atom. The molecule has 0 bridgehead atoms. The predicted octanol–water partition coefficient (Wildman–Crippen LogP) is 3.91. The van der Waals surface area contributed by atoms with E-state index >= 15 is 0 Å². The number of hydrogen-bond acceptors (Lipinski definition) is 3. The van der Waals surface area contributed by atoms with Gasteiger partial charge in [0.05, 0.1) is 0 Å². The first kappa shape index (κ1) is 15.0. The summed E-state index contributed by atoms with van der Waals surface area (Å²) in [5.41, 5.74) is 1.48. The molecule has 108 valence electrons. The number of piperazine rings is 1. The molecular weight excluding hydrogens is 252 g/mol. The lowest BCUT2D eigenvalue weighted by atomic mass is 9.96. The van der Waals surface area contributed by atoms with Crippen LogP contribution in [0.3, 0.4) is 0 Å². The Kier molecular flexibility index (Phi) is 5.43. The third kappa shape index (κ3) is 3.80. The number of nitrogens with zero attached hydrogens (tertiary/aromatic N) is 1. The van der Waals surface area contributed by atoms with Crippen molar-refractivity contribution in [1.29, 1.82) is 0 Å². The molecule has 3 atom stereocenters. The summed E-state index contributed by atoms with van der Waals surface area (Å²) in [6.45, 7) is 11.6. The monoisotopic (exact) mass is 280 g/mol. The van der Waals surface area contributed by atoms with E-state index in [1.807, 2.05) is 11.3 Å². The SMILES string of the molecule is CCC1CNC(CC(C)C)CN1C(C)c1ccsc1. The Morgan fingerprint density at radius 3 is 2.79 bits per heavy atom. The summed E-state index contributed by atoms with van der Waals surface area (Å²) in [6.07, 6.45) is 2.51. The molecule has 2 heterocycles. The summed E-state index contributed by atoms with van der Waals surface area (Å²) in [6, 6.07) is 4.16. The van der Waals surface area contributed by atoms with Crippen molar-refractivity contribution < 1.29 is 0 Å². The highest BCUT2D eigenvalue weighted by atomic mass is 32.1. The van der Waals surface area contributed by atoms with Gasteiger partial charge in [-0.15, -0.1) is 0 Å². The first-order valence-corrected chi connectivity index (χ1v) is 8.57. The zero-order valence-corrected chi connectivity index (χ0v) is 13.5. The summed E-state index contributed by atoms with van der Waals surface area (Å²) in [4.78, 5) is 2.71. The molecule has 2 rings (SSSR count). The average molecular weight is 280 g/mol. The van der Waals surface area contributed by atoms with E-state index in [0.29, 0.717) is 18.1 Å². The normalized spacial score (nSPS) is 26.8. The van der Waals surface area contributed by atoms with Gasteiger partial charge in [0.15, 0.2) is 0 Å². The van der Waals surface area contributed by atoms with Crippen molar-refractivity contribution in [3.05, 3.63) is 22.4 Å². The van der Waals surface area contributed by atoms with Crippen molar-refractivity contribution in [3.8, 4) is 0 Å². The Bertz CT molecular complexity index is 361. The molecule has 0 aromatic carbocycles. The number of hydrogen-bond donors (Lipinski definition) is 1. The molecule has 1 aromatic rings. The van der Waals surface area contributed by atoms with Crippen molar-refractivity contribution >= 4 is 11.3 Å². The van der Waals surface area contributed by atoms with Crippen molar-refractivity contribution in [2.75, 3.05) is 13.1 Å². The van der Waals surface area contributed by atoms with Crippen molar-refractivity contribution in [3.63, 3.8) is 0 Å². The Morgan fingerprint density at radius 2 is 2.21 bits per heavy atom. The van der Waals surface area contributed by atoms with E-state index in [4.69, 9.17) is 0 Å². The van der Waals surface area contributed by atoms with E-state index in [1.165, 1.54) is 24.9 Å². The molecular formula is C16H28N2S. The van der Waals surface area contributed by atoms with Gasteiger partial charge in [-0.05, 0) is 48.1 Å². The molecule has 1 N–H and O–H groups in total. The minimum absolute atomic E-state index is 0.549. The first-order chi connectivity index (χ1) is 9.11. The standard InChI is InChI=1S/C16H28N2S/c1-5-16-9-17-15(8-12(2)3)10-18(16)13(4)14-6-7-19-11-14/h6-7,11-13,15-17H,5,8-10H2,1-4H3. The van der Waals surface area contributed by atoms with Gasteiger partial charge in [-0.2, -0.15) is 11.3 Å². The zero-order chi connectivity index (χ0) is 13.8. The Balaban J connectivity index is 2.05. The minimum atomic E-state index is 0.549. The molecule has 1 aromatic heterocycles. The van der Waals surface area contributed by atoms with E-state index in [2.05, 4.69) is 54.7 Å². The van der Waals surface area contributed by atoms with Crippen LogP contribution in [0.2, 0.25) is 0 Å². The van der Waals surface area contributed by atoms with Crippen LogP contribution in [0.25, 0.3) is 0 Å². The molecule has 1 aliphatic rings. The summed E-state index contributed by atoms with van der Waals surface area (Å²) < 4.78 is 0. The second-order valence-electron chi connectivity index (χ2n) is 6.23. The second-order valence-corrected chi connectivity index (χ2v) is 7.01. The molecule has 3 unspecified atom stereocenters. The zero-order valence-electron chi connectivity index (χ0n) is 12.7. The van der Waals surface area contributed by atoms with Crippen LogP contribution in [0.5, 0.6) is 0 Å². The first-order valence-electron chi connectivity index (χ1n) is 7.63. The largest absolute Gasteiger partial charge is 0.311 e. The molecule has 1 aliphatic heterocycles. The maximum absolute atomic E-state index is 3.74. The van der Waals surface area contributed by atoms with Gasteiger partial charge in [0.1, 0.15) is 0 Å². The summed E-state index contributed by atoms with van der Waals surface area (Å²) >= 11 is 1.81. The van der Waals surface area contributed by atoms with Gasteiger partial charge < -0.3 is 5.32 Å². The van der Waals surface area contributed by atoms with Crippen LogP contribution in [0.4, 0.5) is 0 Å². The third-order valence-corrected chi connectivity index (χ3v) is 4.99. The maximum Gasteiger partial charge on any atom is 0.0332 e. The van der Waals surface area contributed by atoms with Crippen LogP contribution >= 0.6 is 11.3 Å². The molecule has 2 nitrogen and oxygen atoms in total. The molecule has 1 fully saturated rings. The van der Waals surface area contributed by atoms with Crippen LogP contribution < -0.4 is 5.32 Å². The van der Waals surface area contributed by atoms with Crippen molar-refractivity contribution in [1.82, 2.24) is 10.2 Å². The third-order valence-electron chi connectivity index (χ3n) is 4.29. The van der Waals surface area contributed by atoms with E-state index in [9.17, 15) is 0 Å². The minimum Gasteiger partial charge on any atom is -0.311 e. The topological polar surface area (TPSA) is 15.3 Å². The smallest absolute Gasteiger partial charge is 0.0332 e. The fourth-order valence-electron chi connectivity index (χ4n) is 3.17. The Labute approximate surface area is 122 Å². The van der Waals surface area contributed by atoms with E-state index < -0.39 is 0 Å². The van der Waals surface area contributed by atoms with Crippen molar-refractivity contribution in [2.45, 2.75) is 58.7 Å². The molecule has 19 heavy (non-hydrogen) atoms. The van der Waals surface area contributed by atoms with Gasteiger partial charge in [0, 0.05) is 31.2 Å². The lowest BCUT2D eigenvalue weighted by Gasteiger charge is -2.44. The summed E-state index contributed by atoms with van der Waals surface area (Å²) in [5, 5.41) is 8.24. The molecule has 1 saturated heterocycles. The van der Waals surface area contributed by atoms with Crippen LogP contribution in [0.15, 0.2) is 16.8 Å². The fourth-order valence-corrected chi connectivity index (χ4v) is 3.92. The second kappa shape index (κ2) is 6.87. The lowest BCUT2D eigenvalue weighted by Crippen LogP contribution is -2.57. The molecule has 0 spiro atoms. The maximum atomic E-state index is 3.74. The van der Waals surface area contributed by atoms with Gasteiger partial charge in [0.2, 0.25) is 0 Å². The van der Waals surface area contributed by atoms with Gasteiger partial charge in [-0.3, -0.25) is 4.90 Å². The van der Waals surface area contributed by atoms with Gasteiger partial charge >= 0.3 is 0 Å². The van der Waals surface area contributed by atoms with Crippen LogP contribution in [-0.2, 0) is 0 Å². The van der Waals surface area contributed by atoms with E-state index in [1.54, 1.807) is 0 Å². The van der Waals surface area contributed by atoms with Gasteiger partial charge in [-0.1, -0.05) is 20.8 Å². The molecule has 0 amide bonds. The molecule has 0 radical (unpaired) electrons. The quantitative estimate of drug-likeness (QED) is 0.880. The predicted molar refractivity (Wildman–Crippen MR) is 84.8 cm³/mol. The molecule has 0 saturated carbocycles. The fraction of sp³-hybridized carbons (Fsp3) is 0.750. The van der Waals surface area contributed by atoms with Crippen molar-refractivity contribution in [2.24, 2.45) is 5.92 Å². The van der Waals surface area contributed by atoms with Crippen LogP contribution in [-0.4, -0.2) is 30.1 Å². The van der Waals surface area contributed by atoms with Crippen LogP contribution in [0.1, 0.15) is 52.1 Å². The van der Waals surface area contributed by atoms with Crippen LogP contribution in [0, 0.1) is 5.92 Å². The lowest BCUT2D eigenvalue weighted by molar-refractivity contribution is 0.0805. The molecule has 0 aliphatic carbocycles. The molecule has 3 heteroatoms. The number of nitrogens with one attached hydrogen (secondary N) is 1. The Hall–Kier alpha value is -0.380. The summed E-state index contributed by atoms with van der Waals surface area (Å²) in [5.74, 6) is 0.772. The van der Waals surface area contributed by atoms with E-state index in [0.717, 1.165) is 12.5 Å². The highest BCUT2D eigenvalue weighted by molar-refractivity contribution is 7.07.